The number of carbonyl (C=O) groups excluding carboxylic acids is 1. The first-order valence-electron chi connectivity index (χ1n) is 13.8. The third-order valence-corrected chi connectivity index (χ3v) is 7.96. The number of rotatable bonds is 6. The number of urea groups is 1. The van der Waals surface area contributed by atoms with Crippen molar-refractivity contribution in [3.63, 3.8) is 0 Å². The van der Waals surface area contributed by atoms with Crippen LogP contribution in [0.4, 0.5) is 16.3 Å². The lowest BCUT2D eigenvalue weighted by Crippen LogP contribution is -2.28. The van der Waals surface area contributed by atoms with E-state index in [0.717, 1.165) is 33.6 Å². The summed E-state index contributed by atoms with van der Waals surface area (Å²) < 4.78 is 4.29. The highest BCUT2D eigenvalue weighted by Gasteiger charge is 2.22. The van der Waals surface area contributed by atoms with Crippen molar-refractivity contribution in [2.45, 2.75) is 32.7 Å². The molecule has 2 aromatic heterocycles. The Hall–Kier alpha value is -5.22. The van der Waals surface area contributed by atoms with Crippen LogP contribution in [-0.4, -0.2) is 24.3 Å². The molecule has 2 amide bonds. The van der Waals surface area contributed by atoms with E-state index >= 15 is 0 Å². The van der Waals surface area contributed by atoms with Crippen molar-refractivity contribution in [1.29, 1.82) is 0 Å². The highest BCUT2D eigenvalue weighted by Crippen LogP contribution is 2.28. The second-order valence-electron chi connectivity index (χ2n) is 11.2. The Bertz CT molecular complexity index is 2060. The average Bonchev–Trinajstić information content (AvgIpc) is 3.55. The number of nitrogens with zero attached hydrogens (tertiary/aromatic N) is 4. The molecule has 0 bridgehead atoms. The summed E-state index contributed by atoms with van der Waals surface area (Å²) in [6, 6.07) is 31.6. The highest BCUT2D eigenvalue weighted by molar-refractivity contribution is 7.03. The maximum Gasteiger partial charge on any atom is 0.346 e. The normalized spacial score (nSPS) is 11.5. The van der Waals surface area contributed by atoms with Crippen LogP contribution in [0.5, 0.6) is 0 Å². The number of carbonyl (C=O) groups is 1. The van der Waals surface area contributed by atoms with Crippen LogP contribution < -0.4 is 21.2 Å². The molecular formula is C33H30N6O3S. The van der Waals surface area contributed by atoms with Gasteiger partial charge in [-0.2, -0.15) is 5.10 Å². The van der Waals surface area contributed by atoms with E-state index in [1.807, 2.05) is 91.0 Å². The molecule has 0 radical (unpaired) electrons. The van der Waals surface area contributed by atoms with Gasteiger partial charge in [0.15, 0.2) is 0 Å². The molecule has 0 aliphatic heterocycles. The molecule has 6 rings (SSSR count). The van der Waals surface area contributed by atoms with Crippen molar-refractivity contribution in [1.82, 2.24) is 18.3 Å². The maximum atomic E-state index is 13.2. The third-order valence-electron chi connectivity index (χ3n) is 7.04. The van der Waals surface area contributed by atoms with Gasteiger partial charge in [0, 0.05) is 28.4 Å². The maximum absolute atomic E-state index is 13.2. The minimum atomic E-state index is -0.402. The lowest BCUT2D eigenvalue weighted by molar-refractivity contribution is 0.262. The predicted molar refractivity (Wildman–Crippen MR) is 172 cm³/mol. The van der Waals surface area contributed by atoms with Gasteiger partial charge in [-0.15, -0.1) is 0 Å². The molecule has 0 unspecified atom stereocenters. The second-order valence-corrected chi connectivity index (χ2v) is 12.1. The van der Waals surface area contributed by atoms with Gasteiger partial charge in [-0.1, -0.05) is 87.5 Å². The summed E-state index contributed by atoms with van der Waals surface area (Å²) in [5, 5.41) is 12.7. The summed E-state index contributed by atoms with van der Waals surface area (Å²) in [7, 11) is 0. The highest BCUT2D eigenvalue weighted by atomic mass is 32.1. The van der Waals surface area contributed by atoms with Crippen molar-refractivity contribution in [3.05, 3.63) is 135 Å². The lowest BCUT2D eigenvalue weighted by atomic mass is 9.92. The molecule has 0 atom stereocenters. The fourth-order valence-corrected chi connectivity index (χ4v) is 5.62. The molecule has 216 valence electrons. The van der Waals surface area contributed by atoms with Crippen LogP contribution in [0.15, 0.2) is 113 Å². The van der Waals surface area contributed by atoms with E-state index in [1.165, 1.54) is 8.52 Å². The van der Waals surface area contributed by atoms with Crippen LogP contribution >= 0.6 is 11.5 Å². The molecule has 0 saturated carbocycles. The molecule has 0 spiro atoms. The monoisotopic (exact) mass is 590 g/mol. The summed E-state index contributed by atoms with van der Waals surface area (Å²) >= 11 is 0.870. The Labute approximate surface area is 251 Å². The molecule has 9 nitrogen and oxygen atoms in total. The number of para-hydroxylation sites is 1. The van der Waals surface area contributed by atoms with Gasteiger partial charge in [0.1, 0.15) is 5.82 Å². The first kappa shape index (κ1) is 27.9. The minimum Gasteiger partial charge on any atom is -0.307 e. The summed E-state index contributed by atoms with van der Waals surface area (Å²) in [4.78, 5) is 38.8. The first-order valence-corrected chi connectivity index (χ1v) is 14.6. The Kier molecular flexibility index (Phi) is 7.29. The minimum absolute atomic E-state index is 0.0968. The zero-order valence-corrected chi connectivity index (χ0v) is 24.8. The van der Waals surface area contributed by atoms with Crippen molar-refractivity contribution in [3.8, 4) is 11.4 Å². The second kappa shape index (κ2) is 11.2. The summed E-state index contributed by atoms with van der Waals surface area (Å²) in [6.07, 6.45) is 0. The van der Waals surface area contributed by atoms with Gasteiger partial charge in [-0.05, 0) is 41.3 Å². The van der Waals surface area contributed by atoms with E-state index in [9.17, 15) is 14.4 Å². The van der Waals surface area contributed by atoms with E-state index in [-0.39, 0.29) is 16.8 Å². The molecular weight excluding hydrogens is 560 g/mol. The van der Waals surface area contributed by atoms with E-state index in [4.69, 9.17) is 5.10 Å². The van der Waals surface area contributed by atoms with Crippen LogP contribution in [0.1, 0.15) is 32.0 Å². The van der Waals surface area contributed by atoms with Crippen LogP contribution in [0, 0.1) is 0 Å². The van der Waals surface area contributed by atoms with Gasteiger partial charge in [-0.3, -0.25) is 10.1 Å². The Balaban J connectivity index is 1.31. The predicted octanol–water partition coefficient (Wildman–Crippen LogP) is 6.39. The van der Waals surface area contributed by atoms with Gasteiger partial charge < -0.3 is 5.32 Å². The van der Waals surface area contributed by atoms with Crippen molar-refractivity contribution < 1.29 is 4.79 Å². The standard InChI is InChI=1S/C33H30N6O3S/c1-33(2,3)28-20-29(35-30(40)34-27-18-10-13-23-12-7-8-17-26(23)27)38(36-28)25-16-9-11-22(19-25)21-37-31(41)39(43-32(37)42)24-14-5-4-6-15-24/h4-20H,21H2,1-3H3,(H2,34,35,40). The van der Waals surface area contributed by atoms with E-state index in [0.29, 0.717) is 22.9 Å². The molecule has 0 aliphatic carbocycles. The van der Waals surface area contributed by atoms with E-state index < -0.39 is 11.7 Å². The number of hydrogen-bond donors (Lipinski definition) is 2. The summed E-state index contributed by atoms with van der Waals surface area (Å²) in [5.74, 6) is 0.485. The van der Waals surface area contributed by atoms with Gasteiger partial charge in [-0.25, -0.2) is 22.8 Å². The Morgan fingerprint density at radius 3 is 2.30 bits per heavy atom. The molecule has 0 aliphatic rings. The quantitative estimate of drug-likeness (QED) is 0.235. The van der Waals surface area contributed by atoms with Crippen molar-refractivity contribution >= 4 is 39.8 Å². The molecule has 43 heavy (non-hydrogen) atoms. The summed E-state index contributed by atoms with van der Waals surface area (Å²) in [6.45, 7) is 6.25. The fourth-order valence-electron chi connectivity index (χ4n) is 4.82. The van der Waals surface area contributed by atoms with Crippen LogP contribution in [0.25, 0.3) is 22.1 Å². The Morgan fingerprint density at radius 1 is 0.814 bits per heavy atom. The van der Waals surface area contributed by atoms with Crippen molar-refractivity contribution in [2.75, 3.05) is 10.6 Å². The number of nitrogens with one attached hydrogen (secondary N) is 2. The number of aromatic nitrogens is 4. The van der Waals surface area contributed by atoms with Gasteiger partial charge in [0.05, 0.1) is 29.3 Å². The third kappa shape index (κ3) is 5.77. The van der Waals surface area contributed by atoms with Gasteiger partial charge in [0.25, 0.3) is 0 Å². The first-order chi connectivity index (χ1) is 20.7. The fraction of sp³-hybridized carbons (Fsp3) is 0.152. The molecule has 2 heterocycles. The number of fused-ring (bicyclic) bond motifs is 1. The zero-order chi connectivity index (χ0) is 30.1. The van der Waals surface area contributed by atoms with Crippen LogP contribution in [0.2, 0.25) is 0 Å². The van der Waals surface area contributed by atoms with Crippen molar-refractivity contribution in [2.24, 2.45) is 0 Å². The van der Waals surface area contributed by atoms with E-state index in [1.54, 1.807) is 16.8 Å². The smallest absolute Gasteiger partial charge is 0.307 e. The Morgan fingerprint density at radius 2 is 1.51 bits per heavy atom. The number of benzene rings is 4. The molecule has 6 aromatic rings. The van der Waals surface area contributed by atoms with Gasteiger partial charge in [0.2, 0.25) is 0 Å². The lowest BCUT2D eigenvalue weighted by Gasteiger charge is -2.14. The molecule has 4 aromatic carbocycles. The molecule has 10 heteroatoms. The topological polar surface area (TPSA) is 103 Å². The number of anilines is 2. The summed E-state index contributed by atoms with van der Waals surface area (Å²) in [5.41, 5.74) is 2.88. The average molecular weight is 591 g/mol. The molecule has 2 N–H and O–H groups in total. The van der Waals surface area contributed by atoms with E-state index in [2.05, 4.69) is 31.4 Å². The van der Waals surface area contributed by atoms with Gasteiger partial charge >= 0.3 is 16.6 Å². The largest absolute Gasteiger partial charge is 0.346 e. The van der Waals surface area contributed by atoms with Crippen LogP contribution in [-0.2, 0) is 12.0 Å². The molecule has 0 fully saturated rings. The molecule has 0 saturated heterocycles. The zero-order valence-electron chi connectivity index (χ0n) is 23.9. The van der Waals surface area contributed by atoms with Crippen LogP contribution in [0.3, 0.4) is 0 Å². The number of hydrogen-bond acceptors (Lipinski definition) is 5. The number of amides is 2. The SMILES string of the molecule is CC(C)(C)c1cc(NC(=O)Nc2cccc3ccccc23)n(-c2cccc(Cn3c(=O)sn(-c4ccccc4)c3=O)c2)n1.